The highest BCUT2D eigenvalue weighted by Gasteiger charge is 2.35. The van der Waals surface area contributed by atoms with E-state index in [-0.39, 0.29) is 23.3 Å². The molecule has 0 aliphatic heterocycles. The van der Waals surface area contributed by atoms with Gasteiger partial charge in [0, 0.05) is 32.0 Å². The Morgan fingerprint density at radius 2 is 1.77 bits per heavy atom. The van der Waals surface area contributed by atoms with E-state index in [2.05, 4.69) is 28.1 Å². The molecule has 0 heterocycles. The lowest BCUT2D eigenvalue weighted by Gasteiger charge is -2.19. The summed E-state index contributed by atoms with van der Waals surface area (Å²) >= 11 is 0. The Bertz CT molecular complexity index is 1470. The molecule has 44 heavy (non-hydrogen) atoms. The van der Waals surface area contributed by atoms with Gasteiger partial charge in [0.05, 0.1) is 33.1 Å². The summed E-state index contributed by atoms with van der Waals surface area (Å²) in [5.74, 6) is 3.48. The SMILES string of the molecule is COc1cc2c(c(OC)c1OC)-c1ccc(NCCCCCC(=O)NCC3CC4C=CC3C4)c(=O)cc1C(NC(C)=O)CC2. The zero-order valence-corrected chi connectivity index (χ0v) is 26.3. The molecule has 5 rings (SSSR count). The number of allylic oxidation sites excluding steroid dienone is 2. The molecular formula is C35H45N3O6. The van der Waals surface area contributed by atoms with Crippen molar-refractivity contribution >= 4 is 17.5 Å². The lowest BCUT2D eigenvalue weighted by molar-refractivity contribution is -0.121. The lowest BCUT2D eigenvalue weighted by Crippen LogP contribution is -2.30. The van der Waals surface area contributed by atoms with Gasteiger partial charge in [-0.05, 0) is 91.2 Å². The van der Waals surface area contributed by atoms with Crippen molar-refractivity contribution in [3.63, 3.8) is 0 Å². The number of hydrogen-bond acceptors (Lipinski definition) is 7. The van der Waals surface area contributed by atoms with E-state index in [0.29, 0.717) is 60.6 Å². The third-order valence-electron chi connectivity index (χ3n) is 9.29. The summed E-state index contributed by atoms with van der Waals surface area (Å²) in [5.41, 5.74) is 3.67. The second kappa shape index (κ2) is 14.2. The first-order valence-corrected chi connectivity index (χ1v) is 15.8. The maximum atomic E-state index is 13.5. The van der Waals surface area contributed by atoms with Gasteiger partial charge in [-0.1, -0.05) is 24.6 Å². The molecule has 2 aromatic carbocycles. The second-order valence-corrected chi connectivity index (χ2v) is 12.2. The number of rotatable bonds is 13. The van der Waals surface area contributed by atoms with Gasteiger partial charge in [0.1, 0.15) is 0 Å². The Kier molecular flexibility index (Phi) is 10.1. The van der Waals surface area contributed by atoms with Crippen LogP contribution >= 0.6 is 0 Å². The van der Waals surface area contributed by atoms with Gasteiger partial charge in [-0.25, -0.2) is 0 Å². The third kappa shape index (κ3) is 6.87. The van der Waals surface area contributed by atoms with Crippen molar-refractivity contribution in [2.45, 2.75) is 64.3 Å². The van der Waals surface area contributed by atoms with Gasteiger partial charge in [-0.2, -0.15) is 0 Å². The maximum absolute atomic E-state index is 13.5. The van der Waals surface area contributed by atoms with Crippen LogP contribution in [0.2, 0.25) is 0 Å². The minimum absolute atomic E-state index is 0.127. The summed E-state index contributed by atoms with van der Waals surface area (Å²) in [5, 5.41) is 9.47. The van der Waals surface area contributed by atoms with Gasteiger partial charge < -0.3 is 30.2 Å². The number of carbonyl (C=O) groups excluding carboxylic acids is 2. The molecule has 3 aliphatic rings. The summed E-state index contributed by atoms with van der Waals surface area (Å²) in [7, 11) is 4.74. The van der Waals surface area contributed by atoms with Crippen LogP contribution in [0, 0.1) is 17.8 Å². The minimum Gasteiger partial charge on any atom is -0.493 e. The average Bonchev–Trinajstić information content (AvgIpc) is 3.57. The van der Waals surface area contributed by atoms with Crippen molar-refractivity contribution in [1.82, 2.24) is 10.6 Å². The highest BCUT2D eigenvalue weighted by molar-refractivity contribution is 5.83. The summed E-state index contributed by atoms with van der Waals surface area (Å²) < 4.78 is 17.1. The topological polar surface area (TPSA) is 115 Å². The van der Waals surface area contributed by atoms with E-state index in [1.807, 2.05) is 12.1 Å². The first-order valence-electron chi connectivity index (χ1n) is 15.8. The molecule has 236 valence electrons. The first-order chi connectivity index (χ1) is 21.3. The Morgan fingerprint density at radius 3 is 2.45 bits per heavy atom. The Morgan fingerprint density at radius 1 is 0.955 bits per heavy atom. The predicted molar refractivity (Wildman–Crippen MR) is 171 cm³/mol. The average molecular weight is 604 g/mol. The number of anilines is 1. The fourth-order valence-electron chi connectivity index (χ4n) is 7.13. The standard InChI is InChI=1S/C35H45N3O6/c1-21(39)38-28-13-11-24-18-31(42-2)34(43-3)35(44-4)33(24)26-12-14-29(30(40)19-27(26)28)36-15-7-5-6-8-32(41)37-20-25-17-22-9-10-23(25)16-22/h9-10,12,14,18-19,22-23,25,28H,5-8,11,13,15-17,20H2,1-4H3,(H,36,40)(H,37,41)(H,38,39). The van der Waals surface area contributed by atoms with Gasteiger partial charge in [-0.3, -0.25) is 14.4 Å². The monoisotopic (exact) mass is 603 g/mol. The quantitative estimate of drug-likeness (QED) is 0.214. The molecule has 2 aromatic rings. The largest absolute Gasteiger partial charge is 0.493 e. The second-order valence-electron chi connectivity index (χ2n) is 12.2. The molecule has 0 aromatic heterocycles. The zero-order valence-electron chi connectivity index (χ0n) is 26.3. The molecule has 1 fully saturated rings. The highest BCUT2D eigenvalue weighted by atomic mass is 16.5. The highest BCUT2D eigenvalue weighted by Crippen LogP contribution is 2.50. The fourth-order valence-corrected chi connectivity index (χ4v) is 7.13. The normalized spacial score (nSPS) is 21.1. The molecule has 0 spiro atoms. The predicted octanol–water partition coefficient (Wildman–Crippen LogP) is 5.16. The molecule has 1 saturated carbocycles. The molecule has 4 atom stereocenters. The summed E-state index contributed by atoms with van der Waals surface area (Å²) in [6.45, 7) is 2.88. The Balaban J connectivity index is 1.25. The number of ether oxygens (including phenoxy) is 3. The van der Waals surface area contributed by atoms with E-state index in [4.69, 9.17) is 14.2 Å². The van der Waals surface area contributed by atoms with Crippen LogP contribution in [0.15, 0.2) is 41.2 Å². The van der Waals surface area contributed by atoms with Crippen LogP contribution in [0.3, 0.4) is 0 Å². The van der Waals surface area contributed by atoms with E-state index in [9.17, 15) is 14.4 Å². The first kappa shape index (κ1) is 31.4. The van der Waals surface area contributed by atoms with Crippen LogP contribution in [0.5, 0.6) is 17.2 Å². The molecule has 3 aliphatic carbocycles. The van der Waals surface area contributed by atoms with Crippen LogP contribution in [-0.4, -0.2) is 46.2 Å². The van der Waals surface area contributed by atoms with Gasteiger partial charge in [0.2, 0.25) is 23.0 Å². The van der Waals surface area contributed by atoms with E-state index in [1.54, 1.807) is 33.5 Å². The molecular weight excluding hydrogens is 558 g/mol. The molecule has 9 nitrogen and oxygen atoms in total. The third-order valence-corrected chi connectivity index (χ3v) is 9.29. The number of benzene rings is 1. The van der Waals surface area contributed by atoms with E-state index < -0.39 is 0 Å². The van der Waals surface area contributed by atoms with Crippen LogP contribution < -0.4 is 35.6 Å². The van der Waals surface area contributed by atoms with E-state index >= 15 is 0 Å². The van der Waals surface area contributed by atoms with Gasteiger partial charge in [-0.15, -0.1) is 0 Å². The van der Waals surface area contributed by atoms with Crippen molar-refractivity contribution in [2.75, 3.05) is 39.7 Å². The van der Waals surface area contributed by atoms with E-state index in [0.717, 1.165) is 54.0 Å². The van der Waals surface area contributed by atoms with Crippen LogP contribution in [0.4, 0.5) is 5.69 Å². The molecule has 2 bridgehead atoms. The van der Waals surface area contributed by atoms with Crippen molar-refractivity contribution in [2.24, 2.45) is 17.8 Å². The Labute approximate surface area is 259 Å². The van der Waals surface area contributed by atoms with Gasteiger partial charge in [0.15, 0.2) is 11.5 Å². The fraction of sp³-hybridized carbons (Fsp3) is 0.514. The Hall–Kier alpha value is -4.01. The van der Waals surface area contributed by atoms with E-state index in [1.165, 1.54) is 19.8 Å². The molecule has 4 unspecified atom stereocenters. The van der Waals surface area contributed by atoms with Crippen LogP contribution in [0.1, 0.15) is 69.0 Å². The van der Waals surface area contributed by atoms with Gasteiger partial charge >= 0.3 is 0 Å². The number of fused-ring (bicyclic) bond motifs is 5. The molecule has 0 radical (unpaired) electrons. The zero-order chi connectivity index (χ0) is 31.2. The van der Waals surface area contributed by atoms with Crippen LogP contribution in [-0.2, 0) is 16.0 Å². The maximum Gasteiger partial charge on any atom is 0.220 e. The summed E-state index contributed by atoms with van der Waals surface area (Å²) in [6, 6.07) is 6.94. The number of aryl methyl sites for hydroxylation is 1. The van der Waals surface area contributed by atoms with Gasteiger partial charge in [0.25, 0.3) is 0 Å². The number of methoxy groups -OCH3 is 3. The molecule has 3 N–H and O–H groups in total. The van der Waals surface area contributed by atoms with Crippen molar-refractivity contribution < 1.29 is 23.8 Å². The van der Waals surface area contributed by atoms with Crippen molar-refractivity contribution in [1.29, 1.82) is 0 Å². The molecule has 2 amide bonds. The van der Waals surface area contributed by atoms with Crippen LogP contribution in [0.25, 0.3) is 11.1 Å². The summed E-state index contributed by atoms with van der Waals surface area (Å²) in [4.78, 5) is 38.0. The van der Waals surface area contributed by atoms with Crippen molar-refractivity contribution in [3.8, 4) is 28.4 Å². The smallest absolute Gasteiger partial charge is 0.220 e. The molecule has 9 heteroatoms. The summed E-state index contributed by atoms with van der Waals surface area (Å²) in [6.07, 6.45) is 11.4. The molecule has 0 saturated heterocycles. The lowest BCUT2D eigenvalue weighted by atomic mass is 9.93. The minimum atomic E-state index is -0.351. The number of amides is 2. The van der Waals surface area contributed by atoms with Crippen molar-refractivity contribution in [3.05, 3.63) is 57.8 Å². The number of nitrogens with one attached hydrogen (secondary N) is 3. The number of carbonyl (C=O) groups is 2. The number of hydrogen-bond donors (Lipinski definition) is 3. The number of unbranched alkanes of at least 4 members (excludes halogenated alkanes) is 2.